The van der Waals surface area contributed by atoms with Crippen molar-refractivity contribution in [2.24, 2.45) is 0 Å². The maximum Gasteiger partial charge on any atom is 0.322 e. The highest BCUT2D eigenvalue weighted by Gasteiger charge is 2.37. The lowest BCUT2D eigenvalue weighted by Gasteiger charge is -2.39. The van der Waals surface area contributed by atoms with Gasteiger partial charge in [-0.15, -0.1) is 0 Å². The van der Waals surface area contributed by atoms with Gasteiger partial charge in [0, 0.05) is 25.4 Å². The number of aromatic amines is 1. The molecule has 4 rings (SSSR count). The molecule has 0 saturated carbocycles. The second-order valence-corrected chi connectivity index (χ2v) is 7.79. The van der Waals surface area contributed by atoms with Gasteiger partial charge in [-0.3, -0.25) is 24.5 Å². The van der Waals surface area contributed by atoms with Crippen molar-refractivity contribution in [3.63, 3.8) is 0 Å². The monoisotopic (exact) mass is 450 g/mol. The van der Waals surface area contributed by atoms with Crippen molar-refractivity contribution < 1.29 is 19.2 Å². The molecule has 0 bridgehead atoms. The van der Waals surface area contributed by atoms with Crippen molar-refractivity contribution in [1.82, 2.24) is 30.8 Å². The average molecular weight is 450 g/mol. The number of benzene rings is 1. The van der Waals surface area contributed by atoms with Gasteiger partial charge in [-0.05, 0) is 23.6 Å². The molecule has 2 atom stereocenters. The summed E-state index contributed by atoms with van der Waals surface area (Å²) in [6, 6.07) is 5.62. The van der Waals surface area contributed by atoms with Crippen LogP contribution in [0.1, 0.15) is 23.1 Å². The maximum atomic E-state index is 13.2. The third-order valence-corrected chi connectivity index (χ3v) is 5.56. The number of urea groups is 1. The maximum absolute atomic E-state index is 13.2. The molecule has 1 fully saturated rings. The van der Waals surface area contributed by atoms with Crippen molar-refractivity contribution in [3.8, 4) is 0 Å². The molecule has 170 valence electrons. The fourth-order valence-electron chi connectivity index (χ4n) is 3.90. The number of aromatic nitrogens is 2. The summed E-state index contributed by atoms with van der Waals surface area (Å²) in [4.78, 5) is 68.5. The van der Waals surface area contributed by atoms with Crippen LogP contribution >= 0.6 is 0 Å². The van der Waals surface area contributed by atoms with E-state index >= 15 is 0 Å². The number of fused-ring (bicyclic) bond motifs is 1. The van der Waals surface area contributed by atoms with E-state index in [1.807, 2.05) is 24.3 Å². The van der Waals surface area contributed by atoms with E-state index in [0.717, 1.165) is 11.1 Å². The van der Waals surface area contributed by atoms with Gasteiger partial charge in [0.05, 0.1) is 24.4 Å². The normalized spacial score (nSPS) is 20.1. The summed E-state index contributed by atoms with van der Waals surface area (Å²) >= 11 is 0. The smallest absolute Gasteiger partial charge is 0.322 e. The van der Waals surface area contributed by atoms with Crippen LogP contribution in [-0.4, -0.2) is 57.2 Å². The zero-order valence-electron chi connectivity index (χ0n) is 17.5. The lowest BCUT2D eigenvalue weighted by atomic mass is 9.92. The molecule has 2 aliphatic rings. The van der Waals surface area contributed by atoms with Gasteiger partial charge in [0.2, 0.25) is 17.7 Å². The minimum atomic E-state index is -0.966. The van der Waals surface area contributed by atoms with Crippen molar-refractivity contribution in [1.29, 1.82) is 0 Å². The SMILES string of the molecule is O=C(/C=C/c1cnc[nH]c1=O)NCC1Cc2ccccc2CN1C(=O)[C@@H]1CC(=O)NC(=O)N1. The van der Waals surface area contributed by atoms with Crippen LogP contribution in [0, 0.1) is 0 Å². The molecule has 1 aromatic heterocycles. The number of nitrogens with one attached hydrogen (secondary N) is 4. The highest BCUT2D eigenvalue weighted by atomic mass is 16.2. The molecule has 11 nitrogen and oxygen atoms in total. The fourth-order valence-corrected chi connectivity index (χ4v) is 3.90. The number of hydrogen-bond acceptors (Lipinski definition) is 6. The summed E-state index contributed by atoms with van der Waals surface area (Å²) < 4.78 is 0. The highest BCUT2D eigenvalue weighted by molar-refractivity contribution is 6.02. The van der Waals surface area contributed by atoms with E-state index in [1.54, 1.807) is 4.90 Å². The molecule has 2 aliphatic heterocycles. The number of rotatable bonds is 5. The number of H-pyrrole nitrogens is 1. The quantitative estimate of drug-likeness (QED) is 0.449. The summed E-state index contributed by atoms with van der Waals surface area (Å²) in [5, 5.41) is 7.37. The van der Waals surface area contributed by atoms with E-state index in [9.17, 15) is 24.0 Å². The first-order valence-corrected chi connectivity index (χ1v) is 10.4. The van der Waals surface area contributed by atoms with Gasteiger partial charge in [-0.2, -0.15) is 0 Å². The van der Waals surface area contributed by atoms with E-state index in [1.165, 1.54) is 24.7 Å². The zero-order valence-corrected chi connectivity index (χ0v) is 17.5. The first-order chi connectivity index (χ1) is 15.9. The molecule has 0 spiro atoms. The first kappa shape index (κ1) is 21.9. The van der Waals surface area contributed by atoms with E-state index in [4.69, 9.17) is 0 Å². The van der Waals surface area contributed by atoms with E-state index in [-0.39, 0.29) is 36.0 Å². The Labute approximate surface area is 188 Å². The molecule has 33 heavy (non-hydrogen) atoms. The summed E-state index contributed by atoms with van der Waals surface area (Å²) in [6.07, 6.45) is 5.53. The predicted octanol–water partition coefficient (Wildman–Crippen LogP) is -0.549. The topological polar surface area (TPSA) is 153 Å². The Morgan fingerprint density at radius 3 is 2.70 bits per heavy atom. The molecule has 1 unspecified atom stereocenters. The molecule has 0 aliphatic carbocycles. The lowest BCUT2D eigenvalue weighted by Crippen LogP contribution is -2.61. The number of nitrogens with zero attached hydrogens (tertiary/aromatic N) is 2. The van der Waals surface area contributed by atoms with Gasteiger partial charge >= 0.3 is 6.03 Å². The van der Waals surface area contributed by atoms with E-state index < -0.39 is 23.9 Å². The molecule has 5 amide bonds. The lowest BCUT2D eigenvalue weighted by molar-refractivity contribution is -0.139. The third-order valence-electron chi connectivity index (χ3n) is 5.56. The Morgan fingerprint density at radius 2 is 1.94 bits per heavy atom. The molecule has 3 heterocycles. The number of amides is 5. The summed E-state index contributed by atoms with van der Waals surface area (Å²) in [5.41, 5.74) is 1.90. The predicted molar refractivity (Wildman–Crippen MR) is 116 cm³/mol. The number of imide groups is 1. The minimum absolute atomic E-state index is 0.149. The van der Waals surface area contributed by atoms with Crippen LogP contribution in [0.25, 0.3) is 6.08 Å². The van der Waals surface area contributed by atoms with Crippen LogP contribution in [0.3, 0.4) is 0 Å². The Kier molecular flexibility index (Phi) is 6.29. The van der Waals surface area contributed by atoms with Crippen molar-refractivity contribution >= 4 is 29.8 Å². The standard InChI is InChI=1S/C22H22N6O5/c29-18(6-5-14-9-23-12-25-20(14)31)24-10-16-7-13-3-1-2-4-15(13)11-28(16)21(32)17-8-19(30)27-22(33)26-17/h1-6,9,12,16-17H,7-8,10-11H2,(H,24,29)(H,23,25,31)(H2,26,27,30,33)/b6-5+/t16?,17-/m0/s1. The largest absolute Gasteiger partial charge is 0.350 e. The average Bonchev–Trinajstić information content (AvgIpc) is 2.80. The molecular formula is C22H22N6O5. The van der Waals surface area contributed by atoms with Crippen LogP contribution in [0.4, 0.5) is 4.79 Å². The first-order valence-electron chi connectivity index (χ1n) is 10.4. The van der Waals surface area contributed by atoms with Crippen LogP contribution in [0.5, 0.6) is 0 Å². The van der Waals surface area contributed by atoms with E-state index in [0.29, 0.717) is 13.0 Å². The van der Waals surface area contributed by atoms with Crippen LogP contribution in [-0.2, 0) is 27.3 Å². The summed E-state index contributed by atoms with van der Waals surface area (Å²) in [6.45, 7) is 0.448. The second kappa shape index (κ2) is 9.47. The van der Waals surface area contributed by atoms with Crippen LogP contribution in [0.2, 0.25) is 0 Å². The van der Waals surface area contributed by atoms with Crippen molar-refractivity contribution in [3.05, 3.63) is 69.9 Å². The molecule has 0 radical (unpaired) electrons. The highest BCUT2D eigenvalue weighted by Crippen LogP contribution is 2.24. The molecule has 4 N–H and O–H groups in total. The van der Waals surface area contributed by atoms with Gasteiger partial charge < -0.3 is 20.5 Å². The number of carbonyl (C=O) groups excluding carboxylic acids is 4. The number of hydrogen-bond donors (Lipinski definition) is 4. The fraction of sp³-hybridized carbons (Fsp3) is 0.273. The van der Waals surface area contributed by atoms with Crippen LogP contribution in [0.15, 0.2) is 47.7 Å². The zero-order chi connectivity index (χ0) is 23.4. The molecule has 1 saturated heterocycles. The van der Waals surface area contributed by atoms with Crippen molar-refractivity contribution in [2.45, 2.75) is 31.5 Å². The van der Waals surface area contributed by atoms with E-state index in [2.05, 4.69) is 25.9 Å². The van der Waals surface area contributed by atoms with Gasteiger partial charge in [0.25, 0.3) is 5.56 Å². The molecule has 11 heteroatoms. The molecule has 2 aromatic rings. The summed E-state index contributed by atoms with van der Waals surface area (Å²) in [7, 11) is 0. The second-order valence-electron chi connectivity index (χ2n) is 7.79. The van der Waals surface area contributed by atoms with Gasteiger partial charge in [-0.1, -0.05) is 24.3 Å². The van der Waals surface area contributed by atoms with Gasteiger partial charge in [0.1, 0.15) is 6.04 Å². The number of carbonyl (C=O) groups is 4. The van der Waals surface area contributed by atoms with Crippen molar-refractivity contribution in [2.75, 3.05) is 6.54 Å². The Bertz CT molecular complexity index is 1170. The molecule has 1 aromatic carbocycles. The Morgan fingerprint density at radius 1 is 1.15 bits per heavy atom. The summed E-state index contributed by atoms with van der Waals surface area (Å²) in [5.74, 6) is -1.34. The minimum Gasteiger partial charge on any atom is -0.350 e. The van der Waals surface area contributed by atoms with Gasteiger partial charge in [-0.25, -0.2) is 9.78 Å². The molecular weight excluding hydrogens is 428 g/mol. The Hall–Kier alpha value is -4.28. The van der Waals surface area contributed by atoms with Crippen LogP contribution < -0.4 is 21.5 Å². The van der Waals surface area contributed by atoms with Gasteiger partial charge in [0.15, 0.2) is 0 Å². The third kappa shape index (κ3) is 5.14. The Balaban J connectivity index is 1.48.